The van der Waals surface area contributed by atoms with E-state index in [0.717, 1.165) is 22.0 Å². The molecule has 1 amide bonds. The molecule has 4 aromatic rings. The third-order valence-electron chi connectivity index (χ3n) is 4.26. The number of halogens is 1. The smallest absolute Gasteiger partial charge is 0.250 e. The van der Waals surface area contributed by atoms with Crippen molar-refractivity contribution in [3.63, 3.8) is 0 Å². The molecule has 0 atom stereocenters. The summed E-state index contributed by atoms with van der Waals surface area (Å²) in [5, 5.41) is 14.7. The highest BCUT2D eigenvalue weighted by Gasteiger charge is 2.13. The summed E-state index contributed by atoms with van der Waals surface area (Å²) in [5.74, 6) is 0.637. The van der Waals surface area contributed by atoms with Gasteiger partial charge in [0.2, 0.25) is 0 Å². The molecule has 0 saturated carbocycles. The minimum Gasteiger partial charge on any atom is -0.361 e. The van der Waals surface area contributed by atoms with Crippen LogP contribution in [-0.2, 0) is 11.8 Å². The van der Waals surface area contributed by atoms with E-state index in [-0.39, 0.29) is 11.7 Å². The zero-order valence-corrected chi connectivity index (χ0v) is 17.0. The first kappa shape index (κ1) is 19.2. The highest BCUT2D eigenvalue weighted by Crippen LogP contribution is 2.24. The SMILES string of the molecule is Cn1c(SCC(=O)N/N=C\c2c[nH]c3ccccc23)nnc1-c1cccc(Cl)c1. The molecule has 0 aliphatic heterocycles. The summed E-state index contributed by atoms with van der Waals surface area (Å²) in [6.45, 7) is 0. The molecule has 0 saturated heterocycles. The van der Waals surface area contributed by atoms with E-state index in [1.54, 1.807) is 12.3 Å². The molecular formula is C20H17ClN6OS. The molecule has 0 bridgehead atoms. The van der Waals surface area contributed by atoms with Crippen molar-refractivity contribution in [2.75, 3.05) is 5.75 Å². The molecule has 0 unspecified atom stereocenters. The van der Waals surface area contributed by atoms with Crippen LogP contribution in [0.1, 0.15) is 5.56 Å². The Balaban J connectivity index is 1.35. The minimum atomic E-state index is -0.224. The van der Waals surface area contributed by atoms with Crippen molar-refractivity contribution in [1.82, 2.24) is 25.2 Å². The number of rotatable bonds is 6. The van der Waals surface area contributed by atoms with Crippen molar-refractivity contribution in [3.05, 3.63) is 65.3 Å². The molecule has 2 aromatic carbocycles. The fourth-order valence-electron chi connectivity index (χ4n) is 2.86. The second-order valence-corrected chi connectivity index (χ2v) is 7.63. The standard InChI is InChI=1S/C20H17ClN6OS/c1-27-19(13-5-4-6-15(21)9-13)25-26-20(27)29-12-18(28)24-23-11-14-10-22-17-8-3-2-7-16(14)17/h2-11,22H,12H2,1H3,(H,24,28)/b23-11-. The maximum Gasteiger partial charge on any atom is 0.250 e. The lowest BCUT2D eigenvalue weighted by Gasteiger charge is -2.04. The Hall–Kier alpha value is -3.10. The molecule has 2 aromatic heterocycles. The molecule has 0 spiro atoms. The lowest BCUT2D eigenvalue weighted by molar-refractivity contribution is -0.118. The minimum absolute atomic E-state index is 0.173. The van der Waals surface area contributed by atoms with Crippen LogP contribution in [0.15, 0.2) is 65.0 Å². The van der Waals surface area contributed by atoms with Gasteiger partial charge in [-0.1, -0.05) is 53.7 Å². The van der Waals surface area contributed by atoms with E-state index in [0.29, 0.717) is 16.0 Å². The van der Waals surface area contributed by atoms with E-state index in [1.807, 2.05) is 60.3 Å². The molecule has 146 valence electrons. The largest absolute Gasteiger partial charge is 0.361 e. The molecule has 0 aliphatic carbocycles. The fourth-order valence-corrected chi connectivity index (χ4v) is 3.75. The van der Waals surface area contributed by atoms with E-state index < -0.39 is 0 Å². The zero-order chi connectivity index (χ0) is 20.2. The number of nitrogens with zero attached hydrogens (tertiary/aromatic N) is 4. The van der Waals surface area contributed by atoms with Crippen LogP contribution < -0.4 is 5.43 Å². The van der Waals surface area contributed by atoms with Crippen LogP contribution in [0.3, 0.4) is 0 Å². The zero-order valence-electron chi connectivity index (χ0n) is 15.5. The molecule has 7 nitrogen and oxygen atoms in total. The van der Waals surface area contributed by atoms with Gasteiger partial charge in [0.05, 0.1) is 12.0 Å². The maximum atomic E-state index is 12.1. The number of carbonyl (C=O) groups is 1. The van der Waals surface area contributed by atoms with Crippen molar-refractivity contribution in [1.29, 1.82) is 0 Å². The van der Waals surface area contributed by atoms with Gasteiger partial charge in [0.25, 0.3) is 5.91 Å². The number of hydrogen-bond donors (Lipinski definition) is 2. The van der Waals surface area contributed by atoms with Gasteiger partial charge >= 0.3 is 0 Å². The number of aromatic nitrogens is 4. The second kappa shape index (κ2) is 8.50. The van der Waals surface area contributed by atoms with Crippen LogP contribution in [0.4, 0.5) is 0 Å². The van der Waals surface area contributed by atoms with Gasteiger partial charge in [0.15, 0.2) is 11.0 Å². The lowest BCUT2D eigenvalue weighted by atomic mass is 10.2. The summed E-state index contributed by atoms with van der Waals surface area (Å²) in [6.07, 6.45) is 3.48. The van der Waals surface area contributed by atoms with Gasteiger partial charge in [-0.2, -0.15) is 5.10 Å². The van der Waals surface area contributed by atoms with Gasteiger partial charge < -0.3 is 9.55 Å². The Morgan fingerprint density at radius 3 is 3.00 bits per heavy atom. The predicted octanol–water partition coefficient (Wildman–Crippen LogP) is 3.86. The second-order valence-electron chi connectivity index (χ2n) is 6.25. The van der Waals surface area contributed by atoms with Crippen molar-refractivity contribution in [3.8, 4) is 11.4 Å². The number of hydrogen-bond acceptors (Lipinski definition) is 5. The number of amides is 1. The van der Waals surface area contributed by atoms with Crippen LogP contribution >= 0.6 is 23.4 Å². The first-order chi connectivity index (χ1) is 14.1. The summed E-state index contributed by atoms with van der Waals surface area (Å²) in [4.78, 5) is 15.3. The Morgan fingerprint density at radius 1 is 1.28 bits per heavy atom. The summed E-state index contributed by atoms with van der Waals surface area (Å²) >= 11 is 7.33. The highest BCUT2D eigenvalue weighted by atomic mass is 35.5. The van der Waals surface area contributed by atoms with Crippen molar-refractivity contribution in [2.24, 2.45) is 12.1 Å². The fraction of sp³-hybridized carbons (Fsp3) is 0.100. The number of H-pyrrole nitrogens is 1. The summed E-state index contributed by atoms with van der Waals surface area (Å²) in [5.41, 5.74) is 5.34. The Labute approximate surface area is 176 Å². The van der Waals surface area contributed by atoms with Crippen LogP contribution in [0, 0.1) is 0 Å². The number of fused-ring (bicyclic) bond motifs is 1. The molecule has 9 heteroatoms. The number of nitrogens with one attached hydrogen (secondary N) is 2. The molecule has 2 N–H and O–H groups in total. The van der Waals surface area contributed by atoms with E-state index in [9.17, 15) is 4.79 Å². The quantitative estimate of drug-likeness (QED) is 0.279. The van der Waals surface area contributed by atoms with Gasteiger partial charge in [0, 0.05) is 40.3 Å². The highest BCUT2D eigenvalue weighted by molar-refractivity contribution is 7.99. The van der Waals surface area contributed by atoms with Crippen LogP contribution in [0.2, 0.25) is 5.02 Å². The van der Waals surface area contributed by atoms with E-state index in [2.05, 4.69) is 25.7 Å². The normalized spacial score (nSPS) is 11.4. The molecule has 29 heavy (non-hydrogen) atoms. The molecule has 4 rings (SSSR count). The predicted molar refractivity (Wildman–Crippen MR) is 116 cm³/mol. The number of aromatic amines is 1. The van der Waals surface area contributed by atoms with Gasteiger partial charge in [-0.25, -0.2) is 5.43 Å². The topological polar surface area (TPSA) is 88.0 Å². The summed E-state index contributed by atoms with van der Waals surface area (Å²) < 4.78 is 1.83. The third-order valence-corrected chi connectivity index (χ3v) is 5.52. The molecule has 2 heterocycles. The summed E-state index contributed by atoms with van der Waals surface area (Å²) in [7, 11) is 1.85. The van der Waals surface area contributed by atoms with Gasteiger partial charge in [-0.15, -0.1) is 10.2 Å². The first-order valence-corrected chi connectivity index (χ1v) is 10.1. The Kier molecular flexibility index (Phi) is 5.64. The summed E-state index contributed by atoms with van der Waals surface area (Å²) in [6, 6.07) is 15.3. The molecule has 0 aliphatic rings. The number of thioether (sulfide) groups is 1. The van der Waals surface area contributed by atoms with Gasteiger partial charge in [-0.05, 0) is 18.2 Å². The first-order valence-electron chi connectivity index (χ1n) is 8.78. The Bertz CT molecular complexity index is 1200. The molecule has 0 radical (unpaired) electrons. The molecule has 0 fully saturated rings. The number of benzene rings is 2. The van der Waals surface area contributed by atoms with Crippen LogP contribution in [0.5, 0.6) is 0 Å². The van der Waals surface area contributed by atoms with Crippen LogP contribution in [0.25, 0.3) is 22.3 Å². The van der Waals surface area contributed by atoms with E-state index in [4.69, 9.17) is 11.6 Å². The van der Waals surface area contributed by atoms with Gasteiger partial charge in [-0.3, -0.25) is 4.79 Å². The van der Waals surface area contributed by atoms with Crippen LogP contribution in [-0.4, -0.2) is 37.6 Å². The number of hydrazone groups is 1. The van der Waals surface area contributed by atoms with E-state index in [1.165, 1.54) is 11.8 Å². The van der Waals surface area contributed by atoms with Gasteiger partial charge in [0.1, 0.15) is 0 Å². The van der Waals surface area contributed by atoms with Crippen molar-refractivity contribution in [2.45, 2.75) is 5.16 Å². The average molecular weight is 425 g/mol. The number of para-hydroxylation sites is 1. The molecular weight excluding hydrogens is 408 g/mol. The maximum absolute atomic E-state index is 12.1. The Morgan fingerprint density at radius 2 is 2.14 bits per heavy atom. The number of carbonyl (C=O) groups excluding carboxylic acids is 1. The third kappa shape index (κ3) is 4.33. The lowest BCUT2D eigenvalue weighted by Crippen LogP contribution is -2.19. The van der Waals surface area contributed by atoms with Crippen molar-refractivity contribution >= 4 is 46.4 Å². The average Bonchev–Trinajstić information content (AvgIpc) is 3.30. The monoisotopic (exact) mass is 424 g/mol. The van der Waals surface area contributed by atoms with Crippen molar-refractivity contribution < 1.29 is 4.79 Å². The van der Waals surface area contributed by atoms with E-state index >= 15 is 0 Å².